The highest BCUT2D eigenvalue weighted by Gasteiger charge is 2.24. The Labute approximate surface area is 185 Å². The number of hydrogen-bond donors (Lipinski definition) is 1. The molecule has 0 aliphatic carbocycles. The summed E-state index contributed by atoms with van der Waals surface area (Å²) < 4.78 is 13.6. The van der Waals surface area contributed by atoms with Crippen molar-refractivity contribution in [3.05, 3.63) is 89.1 Å². The first kappa shape index (κ1) is 20.0. The van der Waals surface area contributed by atoms with Crippen molar-refractivity contribution < 1.29 is 4.39 Å². The van der Waals surface area contributed by atoms with Crippen molar-refractivity contribution in [3.63, 3.8) is 0 Å². The molecule has 1 saturated heterocycles. The number of halogens is 1. The van der Waals surface area contributed by atoms with E-state index in [1.54, 1.807) is 29.8 Å². The predicted octanol–water partition coefficient (Wildman–Crippen LogP) is 5.46. The number of nitrogens with zero attached hydrogens (tertiary/aromatic N) is 3. The zero-order chi connectivity index (χ0) is 21.0. The lowest BCUT2D eigenvalue weighted by Gasteiger charge is -2.20. The summed E-state index contributed by atoms with van der Waals surface area (Å²) >= 11 is 1.72. The highest BCUT2D eigenvalue weighted by Crippen LogP contribution is 2.41. The molecular formula is C25H23FN4S. The molecule has 0 bridgehead atoms. The SMILES string of the molecule is Fc1ccc(-c2nc(C3CCNCC3)sc2-c2ncncc2Cc2ccccc2)cc1. The van der Waals surface area contributed by atoms with Gasteiger partial charge in [-0.15, -0.1) is 11.3 Å². The molecule has 0 spiro atoms. The van der Waals surface area contributed by atoms with E-state index in [9.17, 15) is 4.39 Å². The van der Waals surface area contributed by atoms with E-state index >= 15 is 0 Å². The van der Waals surface area contributed by atoms with E-state index in [0.717, 1.165) is 64.8 Å². The van der Waals surface area contributed by atoms with Gasteiger partial charge in [-0.1, -0.05) is 30.3 Å². The summed E-state index contributed by atoms with van der Waals surface area (Å²) in [5, 5.41) is 4.57. The van der Waals surface area contributed by atoms with Gasteiger partial charge in [-0.2, -0.15) is 0 Å². The van der Waals surface area contributed by atoms with Crippen molar-refractivity contribution in [2.24, 2.45) is 0 Å². The molecule has 3 heterocycles. The summed E-state index contributed by atoms with van der Waals surface area (Å²) in [5.74, 6) is 0.199. The summed E-state index contributed by atoms with van der Waals surface area (Å²) in [4.78, 5) is 15.1. The topological polar surface area (TPSA) is 50.7 Å². The van der Waals surface area contributed by atoms with Crippen molar-refractivity contribution >= 4 is 11.3 Å². The van der Waals surface area contributed by atoms with Crippen LogP contribution < -0.4 is 5.32 Å². The van der Waals surface area contributed by atoms with Crippen LogP contribution >= 0.6 is 11.3 Å². The third kappa shape index (κ3) is 4.40. The quantitative estimate of drug-likeness (QED) is 0.457. The van der Waals surface area contributed by atoms with E-state index in [0.29, 0.717) is 5.92 Å². The Morgan fingerprint density at radius 2 is 1.74 bits per heavy atom. The van der Waals surface area contributed by atoms with Gasteiger partial charge in [0.2, 0.25) is 0 Å². The molecule has 0 radical (unpaired) electrons. The minimum atomic E-state index is -0.245. The van der Waals surface area contributed by atoms with Crippen LogP contribution in [0.1, 0.15) is 34.9 Å². The molecule has 1 aliphatic heterocycles. The van der Waals surface area contributed by atoms with Gasteiger partial charge in [-0.05, 0) is 55.8 Å². The molecule has 0 atom stereocenters. The average molecular weight is 431 g/mol. The molecule has 31 heavy (non-hydrogen) atoms. The Hall–Kier alpha value is -2.96. The molecule has 1 N–H and O–H groups in total. The molecule has 2 aromatic heterocycles. The molecule has 0 saturated carbocycles. The van der Waals surface area contributed by atoms with Crippen LogP contribution in [0, 0.1) is 5.82 Å². The first-order valence-electron chi connectivity index (χ1n) is 10.6. The van der Waals surface area contributed by atoms with Crippen LogP contribution in [0.4, 0.5) is 4.39 Å². The summed E-state index contributed by atoms with van der Waals surface area (Å²) in [5.41, 5.74) is 4.99. The number of nitrogens with one attached hydrogen (secondary N) is 1. The van der Waals surface area contributed by atoms with Crippen LogP contribution in [-0.2, 0) is 6.42 Å². The Balaban J connectivity index is 1.61. The van der Waals surface area contributed by atoms with Crippen LogP contribution in [0.3, 0.4) is 0 Å². The number of rotatable bonds is 5. The van der Waals surface area contributed by atoms with Gasteiger partial charge in [0, 0.05) is 29.7 Å². The molecular weight excluding hydrogens is 407 g/mol. The maximum Gasteiger partial charge on any atom is 0.123 e. The van der Waals surface area contributed by atoms with Gasteiger partial charge >= 0.3 is 0 Å². The van der Waals surface area contributed by atoms with Crippen molar-refractivity contribution in [2.75, 3.05) is 13.1 Å². The fourth-order valence-electron chi connectivity index (χ4n) is 4.05. The number of aromatic nitrogens is 3. The molecule has 4 aromatic rings. The molecule has 0 unspecified atom stereocenters. The normalized spacial score (nSPS) is 14.6. The second-order valence-corrected chi connectivity index (χ2v) is 8.85. The second-order valence-electron chi connectivity index (χ2n) is 7.82. The summed E-state index contributed by atoms with van der Waals surface area (Å²) in [6, 6.07) is 16.9. The lowest BCUT2D eigenvalue weighted by molar-refractivity contribution is 0.459. The van der Waals surface area contributed by atoms with Gasteiger partial charge in [-0.25, -0.2) is 19.3 Å². The van der Waals surface area contributed by atoms with Gasteiger partial charge in [-0.3, -0.25) is 0 Å². The lowest BCUT2D eigenvalue weighted by atomic mass is 9.99. The average Bonchev–Trinajstić information content (AvgIpc) is 3.26. The van der Waals surface area contributed by atoms with Crippen molar-refractivity contribution in [1.29, 1.82) is 0 Å². The van der Waals surface area contributed by atoms with Crippen molar-refractivity contribution in [3.8, 4) is 21.8 Å². The van der Waals surface area contributed by atoms with Crippen LogP contribution in [-0.4, -0.2) is 28.0 Å². The number of hydrogen-bond acceptors (Lipinski definition) is 5. The third-order valence-electron chi connectivity index (χ3n) is 5.69. The van der Waals surface area contributed by atoms with Crippen molar-refractivity contribution in [1.82, 2.24) is 20.3 Å². The predicted molar refractivity (Wildman–Crippen MR) is 123 cm³/mol. The Morgan fingerprint density at radius 3 is 2.52 bits per heavy atom. The first-order chi connectivity index (χ1) is 15.3. The van der Waals surface area contributed by atoms with E-state index in [2.05, 4.69) is 27.4 Å². The Bertz CT molecular complexity index is 1150. The van der Waals surface area contributed by atoms with E-state index < -0.39 is 0 Å². The van der Waals surface area contributed by atoms with E-state index in [1.807, 2.05) is 24.4 Å². The summed E-state index contributed by atoms with van der Waals surface area (Å²) in [6.07, 6.45) is 6.41. The summed E-state index contributed by atoms with van der Waals surface area (Å²) in [7, 11) is 0. The second kappa shape index (κ2) is 9.04. The highest BCUT2D eigenvalue weighted by molar-refractivity contribution is 7.15. The fourth-order valence-corrected chi connectivity index (χ4v) is 5.34. The zero-order valence-corrected chi connectivity index (χ0v) is 17.9. The maximum absolute atomic E-state index is 13.6. The zero-order valence-electron chi connectivity index (χ0n) is 17.1. The molecule has 0 amide bonds. The molecule has 6 heteroatoms. The number of piperidine rings is 1. The smallest absolute Gasteiger partial charge is 0.123 e. The first-order valence-corrected chi connectivity index (χ1v) is 11.4. The molecule has 4 nitrogen and oxygen atoms in total. The fraction of sp³-hybridized carbons (Fsp3) is 0.240. The van der Waals surface area contributed by atoms with Gasteiger partial charge in [0.25, 0.3) is 0 Å². The minimum absolute atomic E-state index is 0.245. The van der Waals surface area contributed by atoms with Crippen LogP contribution in [0.5, 0.6) is 0 Å². The summed E-state index contributed by atoms with van der Waals surface area (Å²) in [6.45, 7) is 2.02. The van der Waals surface area contributed by atoms with E-state index in [1.165, 1.54) is 17.7 Å². The third-order valence-corrected chi connectivity index (χ3v) is 6.91. The maximum atomic E-state index is 13.6. The van der Waals surface area contributed by atoms with E-state index in [4.69, 9.17) is 4.98 Å². The van der Waals surface area contributed by atoms with Crippen molar-refractivity contribution in [2.45, 2.75) is 25.2 Å². The van der Waals surface area contributed by atoms with Gasteiger partial charge in [0.05, 0.1) is 21.3 Å². The molecule has 1 fully saturated rings. The number of thiazole rings is 1. The van der Waals surface area contributed by atoms with Crippen LogP contribution in [0.2, 0.25) is 0 Å². The Kier molecular flexibility index (Phi) is 5.82. The van der Waals surface area contributed by atoms with E-state index in [-0.39, 0.29) is 5.82 Å². The minimum Gasteiger partial charge on any atom is -0.317 e. The molecule has 156 valence electrons. The van der Waals surface area contributed by atoms with Crippen LogP contribution in [0.25, 0.3) is 21.8 Å². The Morgan fingerprint density at radius 1 is 0.968 bits per heavy atom. The standard InChI is InChI=1S/C25H23FN4S/c26-21-8-6-18(7-9-21)23-24(31-25(30-23)19-10-12-27-13-11-19)22-20(15-28-16-29-22)14-17-4-2-1-3-5-17/h1-9,15-16,19,27H,10-14H2. The molecule has 2 aromatic carbocycles. The lowest BCUT2D eigenvalue weighted by Crippen LogP contribution is -2.26. The number of benzene rings is 2. The highest BCUT2D eigenvalue weighted by atomic mass is 32.1. The van der Waals surface area contributed by atoms with Gasteiger partial charge in [0.1, 0.15) is 12.1 Å². The molecule has 1 aliphatic rings. The molecule has 5 rings (SSSR count). The monoisotopic (exact) mass is 430 g/mol. The van der Waals surface area contributed by atoms with Crippen LogP contribution in [0.15, 0.2) is 67.1 Å². The largest absolute Gasteiger partial charge is 0.317 e. The van der Waals surface area contributed by atoms with Gasteiger partial charge in [0.15, 0.2) is 0 Å². The van der Waals surface area contributed by atoms with Gasteiger partial charge < -0.3 is 5.32 Å².